The maximum Gasteiger partial charge on any atom is 0.299 e. The minimum absolute atomic E-state index is 0.115. The Morgan fingerprint density at radius 1 is 1.33 bits per heavy atom. The van der Waals surface area contributed by atoms with E-state index >= 15 is 0 Å². The molecule has 1 aliphatic carbocycles. The summed E-state index contributed by atoms with van der Waals surface area (Å²) < 4.78 is 67.6. The third-order valence-electron chi connectivity index (χ3n) is 5.43. The molecule has 10 nitrogen and oxygen atoms in total. The van der Waals surface area contributed by atoms with Crippen LogP contribution in [-0.2, 0) is 14.8 Å². The SMILES string of the molecule is [C-]#[N+]C1(NS(=O)(=O)c2cc(OC3CCOCC3)c3cnc(-c4nnc(C(F)F)s4)n3c2)CC1. The van der Waals surface area contributed by atoms with Gasteiger partial charge in [-0.1, -0.05) is 11.3 Å². The first kappa shape index (κ1) is 22.1. The van der Waals surface area contributed by atoms with Crippen molar-refractivity contribution in [3.05, 3.63) is 34.9 Å². The lowest BCUT2D eigenvalue weighted by Gasteiger charge is -2.24. The van der Waals surface area contributed by atoms with Crippen molar-refractivity contribution in [2.75, 3.05) is 13.2 Å². The summed E-state index contributed by atoms with van der Waals surface area (Å²) in [6, 6.07) is 1.39. The number of halogens is 2. The highest BCUT2D eigenvalue weighted by molar-refractivity contribution is 7.89. The van der Waals surface area contributed by atoms with Crippen LogP contribution in [0.25, 0.3) is 21.2 Å². The number of nitrogens with one attached hydrogen (secondary N) is 1. The van der Waals surface area contributed by atoms with Crippen LogP contribution in [0.15, 0.2) is 23.4 Å². The minimum atomic E-state index is -4.08. The van der Waals surface area contributed by atoms with Crippen molar-refractivity contribution >= 4 is 26.9 Å². The molecule has 1 N–H and O–H groups in total. The zero-order chi connectivity index (χ0) is 23.2. The van der Waals surface area contributed by atoms with Crippen molar-refractivity contribution in [2.24, 2.45) is 0 Å². The van der Waals surface area contributed by atoms with Gasteiger partial charge in [0.05, 0.1) is 32.3 Å². The van der Waals surface area contributed by atoms with Crippen LogP contribution in [0.4, 0.5) is 8.78 Å². The van der Waals surface area contributed by atoms with Gasteiger partial charge in [0.25, 0.3) is 12.1 Å². The van der Waals surface area contributed by atoms with Gasteiger partial charge < -0.3 is 9.47 Å². The Hall–Kier alpha value is -2.73. The molecule has 3 aromatic heterocycles. The van der Waals surface area contributed by atoms with E-state index in [1.807, 2.05) is 0 Å². The summed E-state index contributed by atoms with van der Waals surface area (Å²) in [6.07, 6.45) is 1.96. The normalized spacial score (nSPS) is 18.5. The second kappa shape index (κ2) is 8.24. The third kappa shape index (κ3) is 4.29. The fraction of sp³-hybridized carbons (Fsp3) is 0.474. The molecular weight excluding hydrogens is 478 g/mol. The number of hydrogen-bond acceptors (Lipinski definition) is 8. The molecule has 1 aliphatic heterocycles. The molecule has 1 saturated carbocycles. The third-order valence-corrected chi connectivity index (χ3v) is 7.85. The first-order valence-corrected chi connectivity index (χ1v) is 12.4. The summed E-state index contributed by atoms with van der Waals surface area (Å²) in [7, 11) is -4.08. The van der Waals surface area contributed by atoms with E-state index in [-0.39, 0.29) is 27.6 Å². The molecule has 0 aromatic carbocycles. The topological polar surface area (TPSA) is 112 Å². The van der Waals surface area contributed by atoms with Crippen molar-refractivity contribution < 1.29 is 26.7 Å². The summed E-state index contributed by atoms with van der Waals surface area (Å²) in [5, 5.41) is 6.94. The van der Waals surface area contributed by atoms with Crippen LogP contribution in [0.5, 0.6) is 5.75 Å². The Labute approximate surface area is 191 Å². The van der Waals surface area contributed by atoms with E-state index in [4.69, 9.17) is 16.0 Å². The highest BCUT2D eigenvalue weighted by atomic mass is 32.2. The van der Waals surface area contributed by atoms with Gasteiger partial charge in [-0.3, -0.25) is 9.25 Å². The molecule has 2 aliphatic rings. The number of rotatable bonds is 7. The van der Waals surface area contributed by atoms with E-state index < -0.39 is 27.1 Å². The van der Waals surface area contributed by atoms with Gasteiger partial charge in [-0.2, -0.15) is 0 Å². The monoisotopic (exact) mass is 496 g/mol. The van der Waals surface area contributed by atoms with E-state index in [1.54, 1.807) is 0 Å². The Kier molecular flexibility index (Phi) is 5.52. The highest BCUT2D eigenvalue weighted by Crippen LogP contribution is 2.39. The van der Waals surface area contributed by atoms with Gasteiger partial charge in [0.1, 0.15) is 22.3 Å². The first-order valence-electron chi connectivity index (χ1n) is 10.1. The number of ether oxygens (including phenoxy) is 2. The molecular formula is C19H18F2N6O4S2. The Bertz CT molecular complexity index is 1340. The van der Waals surface area contributed by atoms with Crippen molar-refractivity contribution in [3.8, 4) is 16.6 Å². The smallest absolute Gasteiger partial charge is 0.299 e. The van der Waals surface area contributed by atoms with E-state index in [0.29, 0.717) is 55.8 Å². The zero-order valence-corrected chi connectivity index (χ0v) is 18.7. The summed E-state index contributed by atoms with van der Waals surface area (Å²) >= 11 is 0.674. The van der Waals surface area contributed by atoms with Crippen molar-refractivity contribution in [2.45, 2.75) is 48.8 Å². The van der Waals surface area contributed by atoms with Gasteiger partial charge in [0.15, 0.2) is 15.8 Å². The lowest BCUT2D eigenvalue weighted by atomic mass is 10.1. The molecule has 5 rings (SSSR count). The second-order valence-corrected chi connectivity index (χ2v) is 10.5. The lowest BCUT2D eigenvalue weighted by molar-refractivity contribution is 0.0259. The van der Waals surface area contributed by atoms with E-state index in [1.165, 1.54) is 22.9 Å². The van der Waals surface area contributed by atoms with Crippen molar-refractivity contribution in [1.29, 1.82) is 0 Å². The number of fused-ring (bicyclic) bond motifs is 1. The van der Waals surface area contributed by atoms with Crippen LogP contribution in [0, 0.1) is 6.57 Å². The first-order chi connectivity index (χ1) is 15.8. The van der Waals surface area contributed by atoms with E-state index in [9.17, 15) is 17.2 Å². The second-order valence-electron chi connectivity index (χ2n) is 7.80. The maximum absolute atomic E-state index is 13.1. The van der Waals surface area contributed by atoms with E-state index in [0.717, 1.165) is 0 Å². The molecule has 0 amide bonds. The quantitative estimate of drug-likeness (QED) is 0.501. The zero-order valence-electron chi connectivity index (χ0n) is 17.1. The number of hydrogen-bond donors (Lipinski definition) is 1. The van der Waals surface area contributed by atoms with Crippen LogP contribution in [0.1, 0.15) is 37.1 Å². The van der Waals surface area contributed by atoms with Gasteiger partial charge in [0, 0.05) is 25.1 Å². The Balaban J connectivity index is 1.61. The van der Waals surface area contributed by atoms with Gasteiger partial charge in [-0.05, 0) is 0 Å². The largest absolute Gasteiger partial charge is 0.488 e. The molecule has 3 aromatic rings. The molecule has 33 heavy (non-hydrogen) atoms. The fourth-order valence-electron chi connectivity index (χ4n) is 3.49. The molecule has 0 spiro atoms. The van der Waals surface area contributed by atoms with Crippen molar-refractivity contribution in [3.63, 3.8) is 0 Å². The molecule has 14 heteroatoms. The Morgan fingerprint density at radius 2 is 2.09 bits per heavy atom. The summed E-state index contributed by atoms with van der Waals surface area (Å²) in [4.78, 5) is 7.54. The van der Waals surface area contributed by atoms with Gasteiger partial charge in [-0.25, -0.2) is 28.8 Å². The molecule has 0 radical (unpaired) electrons. The number of imidazole rings is 1. The Morgan fingerprint density at radius 3 is 2.73 bits per heavy atom. The van der Waals surface area contributed by atoms with Crippen LogP contribution in [-0.4, -0.2) is 53.0 Å². The van der Waals surface area contributed by atoms with Crippen molar-refractivity contribution in [1.82, 2.24) is 24.3 Å². The summed E-state index contributed by atoms with van der Waals surface area (Å²) in [5.41, 5.74) is -0.672. The van der Waals surface area contributed by atoms with Crippen LogP contribution in [0.3, 0.4) is 0 Å². The number of pyridine rings is 1. The molecule has 4 heterocycles. The van der Waals surface area contributed by atoms with E-state index in [2.05, 4.69) is 24.7 Å². The standard InChI is InChI=1S/C19H18F2N6O4S2/c1-22-19(4-5-19)26-33(28,29)12-8-14(31-11-2-6-30-7-3-11)13-9-23-16(27(13)10-12)18-25-24-17(32-18)15(20)21/h8-11,15,26H,2-7H2. The molecule has 0 bridgehead atoms. The van der Waals surface area contributed by atoms with Crippen LogP contribution in [0.2, 0.25) is 0 Å². The van der Waals surface area contributed by atoms with Crippen LogP contribution < -0.4 is 9.46 Å². The predicted octanol–water partition coefficient (Wildman–Crippen LogP) is 3.04. The van der Waals surface area contributed by atoms with Gasteiger partial charge >= 0.3 is 0 Å². The average molecular weight is 497 g/mol. The minimum Gasteiger partial charge on any atom is -0.488 e. The molecule has 0 atom stereocenters. The molecule has 1 saturated heterocycles. The fourth-order valence-corrected chi connectivity index (χ4v) is 5.56. The van der Waals surface area contributed by atoms with Crippen LogP contribution >= 0.6 is 11.3 Å². The number of aromatic nitrogens is 4. The highest BCUT2D eigenvalue weighted by Gasteiger charge is 2.54. The molecule has 0 unspecified atom stereocenters. The predicted molar refractivity (Wildman–Crippen MR) is 112 cm³/mol. The summed E-state index contributed by atoms with van der Waals surface area (Å²) in [5.74, 6) is 0.435. The lowest BCUT2D eigenvalue weighted by Crippen LogP contribution is -2.34. The number of sulfonamides is 1. The van der Waals surface area contributed by atoms with Gasteiger partial charge in [0.2, 0.25) is 10.0 Å². The average Bonchev–Trinajstić information content (AvgIpc) is 3.20. The number of nitrogens with zero attached hydrogens (tertiary/aromatic N) is 5. The summed E-state index contributed by atoms with van der Waals surface area (Å²) in [6.45, 7) is 8.34. The van der Waals surface area contributed by atoms with Gasteiger partial charge in [-0.15, -0.1) is 14.9 Å². The molecule has 174 valence electrons. The molecule has 2 fully saturated rings. The number of alkyl halides is 2. The maximum atomic E-state index is 13.1.